The molecule has 0 aromatic carbocycles. The second-order valence-corrected chi connectivity index (χ2v) is 9.10. The Hall–Kier alpha value is -0.610. The number of hydroxylamine groups is 2. The van der Waals surface area contributed by atoms with Crippen molar-refractivity contribution < 1.29 is 9.63 Å². The zero-order valence-electron chi connectivity index (χ0n) is 19.0. The van der Waals surface area contributed by atoms with Gasteiger partial charge in [0.2, 0.25) is 6.41 Å². The number of hydrogen-bond acceptors (Lipinski definition) is 3. The fraction of sp³-hybridized carbons (Fsp3) is 0.957. The highest BCUT2D eigenvalue weighted by Crippen LogP contribution is 2.16. The summed E-state index contributed by atoms with van der Waals surface area (Å²) in [4.78, 5) is 16.9. The van der Waals surface area contributed by atoms with Crippen LogP contribution in [0, 0.1) is 0 Å². The van der Waals surface area contributed by atoms with Crippen LogP contribution in [0.2, 0.25) is 0 Å². The summed E-state index contributed by atoms with van der Waals surface area (Å²) in [6, 6.07) is -0.135. The molecule has 0 saturated heterocycles. The summed E-state index contributed by atoms with van der Waals surface area (Å²) in [5.41, 5.74) is 5.89. The maximum Gasteiger partial charge on any atom is 0.233 e. The largest absolute Gasteiger partial charge is 0.326 e. The molecule has 27 heavy (non-hydrogen) atoms. The van der Waals surface area contributed by atoms with Crippen LogP contribution in [0.1, 0.15) is 125 Å². The maximum atomic E-state index is 11.3. The summed E-state index contributed by atoms with van der Waals surface area (Å²) in [6.45, 7) is 10.1. The van der Waals surface area contributed by atoms with Gasteiger partial charge in [0.15, 0.2) is 0 Å². The molecule has 162 valence electrons. The zero-order chi connectivity index (χ0) is 20.5. The molecule has 0 spiro atoms. The number of nitrogens with zero attached hydrogens (tertiary/aromatic N) is 1. The number of carbonyl (C=O) groups is 1. The van der Waals surface area contributed by atoms with E-state index in [1.165, 1.54) is 82.1 Å². The van der Waals surface area contributed by atoms with Crippen LogP contribution in [-0.4, -0.2) is 29.2 Å². The Kier molecular flexibility index (Phi) is 16.0. The summed E-state index contributed by atoms with van der Waals surface area (Å²) < 4.78 is 0. The van der Waals surface area contributed by atoms with Gasteiger partial charge < -0.3 is 5.73 Å². The quantitative estimate of drug-likeness (QED) is 0.170. The second kappa shape index (κ2) is 16.4. The molecule has 4 nitrogen and oxygen atoms in total. The molecule has 2 N–H and O–H groups in total. The molecular weight excluding hydrogens is 336 g/mol. The summed E-state index contributed by atoms with van der Waals surface area (Å²) >= 11 is 0. The van der Waals surface area contributed by atoms with Crippen molar-refractivity contribution in [1.29, 1.82) is 0 Å². The van der Waals surface area contributed by atoms with Crippen LogP contribution in [0.25, 0.3) is 0 Å². The van der Waals surface area contributed by atoms with E-state index in [0.717, 1.165) is 19.3 Å². The Labute approximate surface area is 169 Å². The molecule has 0 aliphatic rings. The van der Waals surface area contributed by atoms with Crippen molar-refractivity contribution in [1.82, 2.24) is 5.06 Å². The van der Waals surface area contributed by atoms with Crippen molar-refractivity contribution in [3.8, 4) is 0 Å². The molecule has 0 radical (unpaired) electrons. The third-order valence-corrected chi connectivity index (χ3v) is 5.15. The molecule has 0 fully saturated rings. The van der Waals surface area contributed by atoms with Gasteiger partial charge in [-0.25, -0.2) is 5.06 Å². The van der Waals surface area contributed by atoms with Crippen LogP contribution >= 0.6 is 0 Å². The Morgan fingerprint density at radius 3 is 1.63 bits per heavy atom. The van der Waals surface area contributed by atoms with Gasteiger partial charge in [-0.2, -0.15) is 0 Å². The highest BCUT2D eigenvalue weighted by atomic mass is 16.7. The SMILES string of the molecule is CCCCCCCCCCCCCCC[C@@H](N)[C@H](C)N(C=O)OC(C)(C)C. The van der Waals surface area contributed by atoms with Crippen molar-refractivity contribution in [2.75, 3.05) is 0 Å². The second-order valence-electron chi connectivity index (χ2n) is 9.10. The van der Waals surface area contributed by atoms with Crippen molar-refractivity contribution in [2.45, 2.75) is 142 Å². The van der Waals surface area contributed by atoms with Crippen molar-refractivity contribution in [3.63, 3.8) is 0 Å². The van der Waals surface area contributed by atoms with Crippen molar-refractivity contribution in [2.24, 2.45) is 5.73 Å². The van der Waals surface area contributed by atoms with Gasteiger partial charge in [-0.1, -0.05) is 90.4 Å². The minimum Gasteiger partial charge on any atom is -0.326 e. The van der Waals surface area contributed by atoms with Gasteiger partial charge >= 0.3 is 0 Å². The van der Waals surface area contributed by atoms with E-state index in [-0.39, 0.29) is 17.7 Å². The molecule has 2 atom stereocenters. The van der Waals surface area contributed by atoms with E-state index in [1.54, 1.807) is 0 Å². The Balaban J connectivity index is 3.59. The van der Waals surface area contributed by atoms with Crippen molar-refractivity contribution in [3.05, 3.63) is 0 Å². The van der Waals surface area contributed by atoms with Gasteiger partial charge in [0.05, 0.1) is 11.6 Å². The first-order valence-electron chi connectivity index (χ1n) is 11.5. The number of rotatable bonds is 18. The summed E-state index contributed by atoms with van der Waals surface area (Å²) in [5, 5.41) is 1.38. The lowest BCUT2D eigenvalue weighted by molar-refractivity contribution is -0.232. The van der Waals surface area contributed by atoms with Gasteiger partial charge in [0.1, 0.15) is 0 Å². The molecule has 0 aliphatic heterocycles. The summed E-state index contributed by atoms with van der Waals surface area (Å²) in [6.07, 6.45) is 19.3. The molecule has 0 aliphatic carbocycles. The van der Waals surface area contributed by atoms with Crippen molar-refractivity contribution >= 4 is 6.41 Å². The first-order chi connectivity index (χ1) is 12.8. The first-order valence-corrected chi connectivity index (χ1v) is 11.5. The topological polar surface area (TPSA) is 55.6 Å². The predicted molar refractivity (Wildman–Crippen MR) is 116 cm³/mol. The van der Waals surface area contributed by atoms with E-state index in [4.69, 9.17) is 10.6 Å². The molecule has 0 heterocycles. The lowest BCUT2D eigenvalue weighted by atomic mass is 10.0. The summed E-state index contributed by atoms with van der Waals surface area (Å²) in [5.74, 6) is 0. The molecular formula is C23H48N2O2. The van der Waals surface area contributed by atoms with Crippen LogP contribution < -0.4 is 5.73 Å². The third-order valence-electron chi connectivity index (χ3n) is 5.15. The molecule has 0 aromatic rings. The lowest BCUT2D eigenvalue weighted by Gasteiger charge is -2.33. The van der Waals surface area contributed by atoms with Gasteiger partial charge in [0.25, 0.3) is 0 Å². The number of amides is 1. The molecule has 4 heteroatoms. The van der Waals surface area contributed by atoms with Crippen LogP contribution in [0.5, 0.6) is 0 Å². The zero-order valence-corrected chi connectivity index (χ0v) is 19.0. The highest BCUT2D eigenvalue weighted by Gasteiger charge is 2.24. The molecule has 0 unspecified atom stereocenters. The van der Waals surface area contributed by atoms with E-state index in [9.17, 15) is 4.79 Å². The lowest BCUT2D eigenvalue weighted by Crippen LogP contribution is -2.48. The van der Waals surface area contributed by atoms with E-state index >= 15 is 0 Å². The van der Waals surface area contributed by atoms with E-state index in [2.05, 4.69) is 6.92 Å². The minimum absolute atomic E-state index is 0.0368. The average Bonchev–Trinajstić information content (AvgIpc) is 2.62. The Bertz CT molecular complexity index is 342. The number of hydrogen-bond donors (Lipinski definition) is 1. The van der Waals surface area contributed by atoms with Gasteiger partial charge in [0, 0.05) is 6.04 Å². The number of unbranched alkanes of at least 4 members (excludes halogenated alkanes) is 12. The first kappa shape index (κ1) is 26.4. The standard InChI is InChI=1S/C23H48N2O2/c1-6-7-8-9-10-11-12-13-14-15-16-17-18-19-22(24)21(2)25(20-26)27-23(3,4)5/h20-22H,6-19,24H2,1-5H3/t21-,22+/m0/s1. The monoisotopic (exact) mass is 384 g/mol. The van der Waals surface area contributed by atoms with E-state index < -0.39 is 0 Å². The maximum absolute atomic E-state index is 11.3. The van der Waals surface area contributed by atoms with Gasteiger partial charge in [-0.05, 0) is 34.1 Å². The highest BCUT2D eigenvalue weighted by molar-refractivity contribution is 5.46. The Morgan fingerprint density at radius 1 is 0.852 bits per heavy atom. The Morgan fingerprint density at radius 2 is 1.26 bits per heavy atom. The number of carbonyl (C=O) groups excluding carboxylic acids is 1. The molecule has 0 saturated carbocycles. The third kappa shape index (κ3) is 16.1. The van der Waals surface area contributed by atoms with Gasteiger partial charge in [-0.15, -0.1) is 0 Å². The molecule has 0 aromatic heterocycles. The van der Waals surface area contributed by atoms with Crippen LogP contribution in [0.15, 0.2) is 0 Å². The fourth-order valence-corrected chi connectivity index (χ4v) is 3.34. The van der Waals surface area contributed by atoms with Gasteiger partial charge in [-0.3, -0.25) is 9.63 Å². The number of nitrogens with two attached hydrogens (primary N) is 1. The smallest absolute Gasteiger partial charge is 0.233 e. The molecule has 1 amide bonds. The van der Waals surface area contributed by atoms with E-state index in [1.807, 2.05) is 27.7 Å². The van der Waals surface area contributed by atoms with Crippen LogP contribution in [0.3, 0.4) is 0 Å². The minimum atomic E-state index is -0.385. The van der Waals surface area contributed by atoms with E-state index in [0.29, 0.717) is 0 Å². The normalized spacial score (nSPS) is 14.1. The molecule has 0 rings (SSSR count). The predicted octanol–water partition coefficient (Wildman–Crippen LogP) is 6.37. The summed E-state index contributed by atoms with van der Waals surface area (Å²) in [7, 11) is 0. The van der Waals surface area contributed by atoms with Crippen LogP contribution in [0.4, 0.5) is 0 Å². The average molecular weight is 385 g/mol. The fourth-order valence-electron chi connectivity index (χ4n) is 3.34. The molecule has 0 bridgehead atoms. The van der Waals surface area contributed by atoms with Crippen LogP contribution in [-0.2, 0) is 9.63 Å².